The van der Waals surface area contributed by atoms with Gasteiger partial charge in [0.2, 0.25) is 0 Å². The summed E-state index contributed by atoms with van der Waals surface area (Å²) in [4.78, 5) is 0. The van der Waals surface area contributed by atoms with Crippen LogP contribution >= 0.6 is 11.6 Å². The Hall–Kier alpha value is -2.63. The van der Waals surface area contributed by atoms with Gasteiger partial charge < -0.3 is 14.2 Å². The van der Waals surface area contributed by atoms with Gasteiger partial charge in [0.15, 0.2) is 0 Å². The zero-order valence-corrected chi connectivity index (χ0v) is 18.2. The van der Waals surface area contributed by atoms with Crippen molar-refractivity contribution in [1.29, 1.82) is 0 Å². The van der Waals surface area contributed by atoms with Gasteiger partial charge in [0, 0.05) is 10.4 Å². The minimum Gasteiger partial charge on any atom is -0.457 e. The Bertz CT molecular complexity index is 979. The van der Waals surface area contributed by atoms with Crippen LogP contribution in [0, 0.1) is 0 Å². The third-order valence-electron chi connectivity index (χ3n) is 5.18. The van der Waals surface area contributed by atoms with E-state index in [1.54, 1.807) is 24.3 Å². The highest BCUT2D eigenvalue weighted by Gasteiger charge is 2.25. The molecule has 3 aromatic rings. The Kier molecular flexibility index (Phi) is 7.88. The SMILES string of the molecule is CCC(C)(COCc1cccc(Oc2cccc(Cl)c2)c1)c1ccc(OC(F)F)cc1. The summed E-state index contributed by atoms with van der Waals surface area (Å²) in [6.45, 7) is 2.25. The zero-order chi connectivity index (χ0) is 22.3. The number of halogens is 3. The van der Waals surface area contributed by atoms with Crippen molar-refractivity contribution in [2.24, 2.45) is 0 Å². The first-order chi connectivity index (χ1) is 14.9. The normalized spacial score (nSPS) is 13.1. The van der Waals surface area contributed by atoms with E-state index in [1.807, 2.05) is 48.5 Å². The van der Waals surface area contributed by atoms with E-state index in [4.69, 9.17) is 21.1 Å². The molecular weight excluding hydrogens is 422 g/mol. The van der Waals surface area contributed by atoms with E-state index in [2.05, 4.69) is 18.6 Å². The highest BCUT2D eigenvalue weighted by atomic mass is 35.5. The topological polar surface area (TPSA) is 27.7 Å². The Morgan fingerprint density at radius 1 is 0.903 bits per heavy atom. The molecule has 0 heterocycles. The van der Waals surface area contributed by atoms with Gasteiger partial charge >= 0.3 is 6.61 Å². The van der Waals surface area contributed by atoms with Gasteiger partial charge in [-0.1, -0.05) is 55.8 Å². The molecule has 1 atom stereocenters. The number of hydrogen-bond acceptors (Lipinski definition) is 3. The molecule has 1 unspecified atom stereocenters. The molecule has 0 aliphatic carbocycles. The van der Waals surface area contributed by atoms with Crippen LogP contribution in [0.4, 0.5) is 8.78 Å². The quantitative estimate of drug-likeness (QED) is 0.320. The number of ether oxygens (including phenoxy) is 3. The second-order valence-electron chi connectivity index (χ2n) is 7.52. The number of hydrogen-bond donors (Lipinski definition) is 0. The maximum Gasteiger partial charge on any atom is 0.387 e. The van der Waals surface area contributed by atoms with Crippen LogP contribution < -0.4 is 9.47 Å². The van der Waals surface area contributed by atoms with Crippen molar-refractivity contribution in [3.63, 3.8) is 0 Å². The van der Waals surface area contributed by atoms with E-state index in [-0.39, 0.29) is 11.2 Å². The molecule has 0 spiro atoms. The van der Waals surface area contributed by atoms with E-state index in [0.29, 0.717) is 29.7 Å². The average molecular weight is 447 g/mol. The van der Waals surface area contributed by atoms with E-state index in [1.165, 1.54) is 0 Å². The molecule has 0 N–H and O–H groups in total. The molecule has 0 aromatic heterocycles. The average Bonchev–Trinajstić information content (AvgIpc) is 2.74. The molecule has 3 aromatic carbocycles. The number of alkyl halides is 2. The van der Waals surface area contributed by atoms with Crippen LogP contribution in [0.15, 0.2) is 72.8 Å². The molecule has 164 valence electrons. The predicted octanol–water partition coefficient (Wildman–Crippen LogP) is 7.62. The molecule has 0 bridgehead atoms. The molecule has 3 nitrogen and oxygen atoms in total. The fraction of sp³-hybridized carbons (Fsp3) is 0.280. The fourth-order valence-electron chi connectivity index (χ4n) is 3.19. The molecule has 0 aliphatic heterocycles. The lowest BCUT2D eigenvalue weighted by Gasteiger charge is -2.29. The molecule has 0 saturated heterocycles. The molecule has 0 saturated carbocycles. The van der Waals surface area contributed by atoms with Gasteiger partial charge in [-0.05, 0) is 60.0 Å². The molecule has 0 amide bonds. The van der Waals surface area contributed by atoms with Gasteiger partial charge in [0.05, 0.1) is 13.2 Å². The van der Waals surface area contributed by atoms with Crippen LogP contribution in [-0.2, 0) is 16.8 Å². The van der Waals surface area contributed by atoms with Crippen LogP contribution in [0.3, 0.4) is 0 Å². The van der Waals surface area contributed by atoms with Gasteiger partial charge in [-0.15, -0.1) is 0 Å². The van der Waals surface area contributed by atoms with Crippen molar-refractivity contribution < 1.29 is 23.0 Å². The lowest BCUT2D eigenvalue weighted by molar-refractivity contribution is -0.0498. The summed E-state index contributed by atoms with van der Waals surface area (Å²) < 4.78 is 41.0. The van der Waals surface area contributed by atoms with Gasteiger partial charge in [-0.25, -0.2) is 0 Å². The maximum absolute atomic E-state index is 12.4. The Balaban J connectivity index is 1.60. The van der Waals surface area contributed by atoms with Crippen molar-refractivity contribution in [3.05, 3.63) is 88.9 Å². The standard InChI is InChI=1S/C25H25ClF2O3/c1-3-25(2,19-10-12-21(13-11-19)31-24(27)28)17-29-16-18-6-4-8-22(14-18)30-23-9-5-7-20(26)15-23/h4-15,24H,3,16-17H2,1-2H3. The van der Waals surface area contributed by atoms with Crippen molar-refractivity contribution in [2.75, 3.05) is 6.61 Å². The second kappa shape index (κ2) is 10.6. The minimum absolute atomic E-state index is 0.148. The fourth-order valence-corrected chi connectivity index (χ4v) is 3.37. The third kappa shape index (κ3) is 6.68. The summed E-state index contributed by atoms with van der Waals surface area (Å²) in [7, 11) is 0. The summed E-state index contributed by atoms with van der Waals surface area (Å²) in [5, 5.41) is 0.615. The van der Waals surface area contributed by atoms with E-state index < -0.39 is 6.61 Å². The summed E-state index contributed by atoms with van der Waals surface area (Å²) in [6, 6.07) is 21.7. The van der Waals surface area contributed by atoms with Crippen LogP contribution in [0.5, 0.6) is 17.2 Å². The lowest BCUT2D eigenvalue weighted by Crippen LogP contribution is -2.27. The van der Waals surface area contributed by atoms with Crippen molar-refractivity contribution in [1.82, 2.24) is 0 Å². The van der Waals surface area contributed by atoms with Gasteiger partial charge in [0.1, 0.15) is 17.2 Å². The first-order valence-electron chi connectivity index (χ1n) is 10.0. The Labute approximate surface area is 186 Å². The number of rotatable bonds is 10. The lowest BCUT2D eigenvalue weighted by atomic mass is 9.81. The van der Waals surface area contributed by atoms with Crippen LogP contribution in [0.1, 0.15) is 31.4 Å². The third-order valence-corrected chi connectivity index (χ3v) is 5.41. The summed E-state index contributed by atoms with van der Waals surface area (Å²) in [6.07, 6.45) is 0.833. The predicted molar refractivity (Wildman–Crippen MR) is 118 cm³/mol. The molecule has 31 heavy (non-hydrogen) atoms. The Morgan fingerprint density at radius 3 is 2.23 bits per heavy atom. The molecular formula is C25H25ClF2O3. The smallest absolute Gasteiger partial charge is 0.387 e. The van der Waals surface area contributed by atoms with Gasteiger partial charge in [-0.2, -0.15) is 8.78 Å². The summed E-state index contributed by atoms with van der Waals surface area (Å²) >= 11 is 6.01. The highest BCUT2D eigenvalue weighted by Crippen LogP contribution is 2.30. The van der Waals surface area contributed by atoms with Gasteiger partial charge in [-0.3, -0.25) is 0 Å². The Morgan fingerprint density at radius 2 is 1.58 bits per heavy atom. The molecule has 3 rings (SSSR count). The van der Waals surface area contributed by atoms with Crippen molar-refractivity contribution in [3.8, 4) is 17.2 Å². The molecule has 0 aliphatic rings. The maximum atomic E-state index is 12.4. The molecule has 6 heteroatoms. The van der Waals surface area contributed by atoms with E-state index >= 15 is 0 Å². The van der Waals surface area contributed by atoms with Crippen LogP contribution in [0.25, 0.3) is 0 Å². The van der Waals surface area contributed by atoms with Gasteiger partial charge in [0.25, 0.3) is 0 Å². The number of benzene rings is 3. The largest absolute Gasteiger partial charge is 0.457 e. The first-order valence-corrected chi connectivity index (χ1v) is 10.4. The first kappa shape index (κ1) is 23.0. The van der Waals surface area contributed by atoms with Crippen LogP contribution in [0.2, 0.25) is 5.02 Å². The second-order valence-corrected chi connectivity index (χ2v) is 7.95. The van der Waals surface area contributed by atoms with Crippen molar-refractivity contribution >= 4 is 11.6 Å². The highest BCUT2D eigenvalue weighted by molar-refractivity contribution is 6.30. The van der Waals surface area contributed by atoms with Crippen LogP contribution in [-0.4, -0.2) is 13.2 Å². The minimum atomic E-state index is -2.83. The summed E-state index contributed by atoms with van der Waals surface area (Å²) in [5.74, 6) is 1.52. The zero-order valence-electron chi connectivity index (χ0n) is 17.5. The van der Waals surface area contributed by atoms with Crippen molar-refractivity contribution in [2.45, 2.75) is 38.9 Å². The molecule has 0 radical (unpaired) electrons. The summed E-state index contributed by atoms with van der Waals surface area (Å²) in [5.41, 5.74) is 1.74. The van der Waals surface area contributed by atoms with E-state index in [9.17, 15) is 8.78 Å². The molecule has 0 fully saturated rings. The van der Waals surface area contributed by atoms with E-state index in [0.717, 1.165) is 17.5 Å². The monoisotopic (exact) mass is 446 g/mol.